The maximum atomic E-state index is 12.1. The van der Waals surface area contributed by atoms with Gasteiger partial charge in [0.15, 0.2) is 5.13 Å². The molecule has 0 saturated carbocycles. The molecule has 7 heteroatoms. The van der Waals surface area contributed by atoms with E-state index in [1.54, 1.807) is 23.7 Å². The number of aromatic nitrogens is 2. The van der Waals surface area contributed by atoms with Gasteiger partial charge in [0.1, 0.15) is 5.69 Å². The van der Waals surface area contributed by atoms with Crippen molar-refractivity contribution in [2.24, 2.45) is 0 Å². The fourth-order valence-corrected chi connectivity index (χ4v) is 2.60. The third-order valence-corrected chi connectivity index (χ3v) is 3.56. The first-order valence-electron chi connectivity index (χ1n) is 5.70. The summed E-state index contributed by atoms with van der Waals surface area (Å²) in [5.41, 5.74) is 7.01. The summed E-state index contributed by atoms with van der Waals surface area (Å²) in [4.78, 5) is 20.3. The van der Waals surface area contributed by atoms with Crippen LogP contribution in [-0.2, 0) is 0 Å². The maximum Gasteiger partial charge on any atom is 0.275 e. The summed E-state index contributed by atoms with van der Waals surface area (Å²) in [7, 11) is 0. The smallest absolute Gasteiger partial charge is 0.275 e. The number of halogens is 1. The molecule has 0 aliphatic carbocycles. The Balaban J connectivity index is 2.00. The molecule has 0 fully saturated rings. The number of nitrogens with zero attached hydrogens (tertiary/aromatic N) is 2. The lowest BCUT2D eigenvalue weighted by Gasteiger charge is -2.07. The minimum atomic E-state index is -0.341. The van der Waals surface area contributed by atoms with E-state index in [9.17, 15) is 4.79 Å². The Labute approximate surface area is 123 Å². The van der Waals surface area contributed by atoms with Gasteiger partial charge in [-0.15, -0.1) is 11.3 Å². The number of hydrogen-bond acceptors (Lipinski definition) is 5. The maximum absolute atomic E-state index is 12.1. The van der Waals surface area contributed by atoms with E-state index in [-0.39, 0.29) is 11.6 Å². The van der Waals surface area contributed by atoms with Gasteiger partial charge in [0, 0.05) is 22.0 Å². The van der Waals surface area contributed by atoms with Gasteiger partial charge in [-0.2, -0.15) is 0 Å². The second-order valence-corrected chi connectivity index (χ2v) is 5.38. The van der Waals surface area contributed by atoms with Crippen LogP contribution in [0.3, 0.4) is 0 Å². The van der Waals surface area contributed by atoms with Gasteiger partial charge in [-0.3, -0.25) is 9.78 Å². The molecule has 3 aromatic rings. The van der Waals surface area contributed by atoms with E-state index in [1.165, 1.54) is 11.3 Å². The molecule has 2 aromatic heterocycles. The van der Waals surface area contributed by atoms with Crippen molar-refractivity contribution >= 4 is 50.6 Å². The predicted molar refractivity (Wildman–Crippen MR) is 81.2 cm³/mol. The molecule has 0 radical (unpaired) electrons. The minimum Gasteiger partial charge on any atom is -0.375 e. The molecule has 100 valence electrons. The minimum absolute atomic E-state index is 0.275. The lowest BCUT2D eigenvalue weighted by atomic mass is 10.2. The number of carbonyl (C=O) groups excluding carboxylic acids is 1. The van der Waals surface area contributed by atoms with Crippen LogP contribution in [0.2, 0.25) is 5.02 Å². The molecule has 1 amide bonds. The first-order valence-corrected chi connectivity index (χ1v) is 6.96. The molecule has 0 saturated heterocycles. The molecule has 2 heterocycles. The summed E-state index contributed by atoms with van der Waals surface area (Å²) in [5.74, 6) is -0.341. The fourth-order valence-electron chi connectivity index (χ4n) is 1.83. The van der Waals surface area contributed by atoms with Crippen LogP contribution >= 0.6 is 22.9 Å². The second kappa shape index (κ2) is 5.07. The van der Waals surface area contributed by atoms with E-state index in [4.69, 9.17) is 17.3 Å². The Morgan fingerprint density at radius 1 is 1.40 bits per heavy atom. The highest BCUT2D eigenvalue weighted by molar-refractivity contribution is 7.13. The third kappa shape index (κ3) is 2.43. The zero-order chi connectivity index (χ0) is 14.1. The van der Waals surface area contributed by atoms with E-state index in [2.05, 4.69) is 15.3 Å². The summed E-state index contributed by atoms with van der Waals surface area (Å²) in [6.45, 7) is 0. The summed E-state index contributed by atoms with van der Waals surface area (Å²) in [5, 5.41) is 6.09. The number of nitrogen functional groups attached to an aromatic ring is 1. The van der Waals surface area contributed by atoms with Gasteiger partial charge in [-0.1, -0.05) is 17.7 Å². The fraction of sp³-hybridized carbons (Fsp3) is 0. The van der Waals surface area contributed by atoms with E-state index in [0.29, 0.717) is 21.4 Å². The van der Waals surface area contributed by atoms with Crippen molar-refractivity contribution in [2.75, 3.05) is 11.1 Å². The van der Waals surface area contributed by atoms with Crippen LogP contribution in [0.15, 0.2) is 35.8 Å². The average Bonchev–Trinajstić information content (AvgIpc) is 2.85. The number of nitrogens with one attached hydrogen (secondary N) is 1. The van der Waals surface area contributed by atoms with E-state index >= 15 is 0 Å². The van der Waals surface area contributed by atoms with Crippen LogP contribution < -0.4 is 11.1 Å². The number of thiazole rings is 1. The van der Waals surface area contributed by atoms with Gasteiger partial charge in [-0.05, 0) is 18.2 Å². The molecule has 0 atom stereocenters. The quantitative estimate of drug-likeness (QED) is 0.762. The normalized spacial score (nSPS) is 10.7. The Bertz CT molecular complexity index is 802. The highest BCUT2D eigenvalue weighted by atomic mass is 35.5. The number of fused-ring (bicyclic) bond motifs is 1. The molecule has 5 nitrogen and oxygen atoms in total. The summed E-state index contributed by atoms with van der Waals surface area (Å²) < 4.78 is 0. The molecule has 3 rings (SSSR count). The van der Waals surface area contributed by atoms with Crippen LogP contribution in [0.25, 0.3) is 10.9 Å². The number of rotatable bonds is 2. The largest absolute Gasteiger partial charge is 0.375 e. The number of amides is 1. The number of pyridine rings is 1. The van der Waals surface area contributed by atoms with Gasteiger partial charge < -0.3 is 11.1 Å². The number of nitrogens with two attached hydrogens (primary N) is 1. The molecule has 0 spiro atoms. The monoisotopic (exact) mass is 304 g/mol. The first-order chi connectivity index (χ1) is 9.63. The topological polar surface area (TPSA) is 80.9 Å². The van der Waals surface area contributed by atoms with E-state index in [1.807, 2.05) is 12.1 Å². The number of anilines is 2. The molecule has 20 heavy (non-hydrogen) atoms. The summed E-state index contributed by atoms with van der Waals surface area (Å²) >= 11 is 7.26. The first kappa shape index (κ1) is 12.8. The number of benzene rings is 1. The SMILES string of the molecule is Nc1nc(C(=O)Nc2cc(Cl)cc3cccnc23)cs1. The molecule has 3 N–H and O–H groups in total. The van der Waals surface area contributed by atoms with Crippen molar-refractivity contribution < 1.29 is 4.79 Å². The average molecular weight is 305 g/mol. The predicted octanol–water partition coefficient (Wildman–Crippen LogP) is 3.18. The van der Waals surface area contributed by atoms with E-state index < -0.39 is 0 Å². The van der Waals surface area contributed by atoms with Crippen molar-refractivity contribution in [2.45, 2.75) is 0 Å². The number of hydrogen-bond donors (Lipinski definition) is 2. The Morgan fingerprint density at radius 2 is 2.25 bits per heavy atom. The molecule has 0 aliphatic heterocycles. The summed E-state index contributed by atoms with van der Waals surface area (Å²) in [6.07, 6.45) is 1.66. The zero-order valence-corrected chi connectivity index (χ0v) is 11.7. The Morgan fingerprint density at radius 3 is 3.00 bits per heavy atom. The molecule has 0 unspecified atom stereocenters. The molecule has 0 aliphatic rings. The summed E-state index contributed by atoms with van der Waals surface area (Å²) in [6, 6.07) is 7.14. The molecule has 0 bridgehead atoms. The standard InChI is InChI=1S/C13H9ClN4OS/c14-8-4-7-2-1-3-16-11(7)9(5-8)17-12(19)10-6-20-13(15)18-10/h1-6H,(H2,15,18)(H,17,19). The third-order valence-electron chi connectivity index (χ3n) is 2.67. The van der Waals surface area contributed by atoms with Gasteiger partial charge >= 0.3 is 0 Å². The van der Waals surface area contributed by atoms with Gasteiger partial charge in [0.05, 0.1) is 11.2 Å². The van der Waals surface area contributed by atoms with Crippen molar-refractivity contribution in [3.05, 3.63) is 46.6 Å². The van der Waals surface area contributed by atoms with Gasteiger partial charge in [0.25, 0.3) is 5.91 Å². The number of carbonyl (C=O) groups is 1. The highest BCUT2D eigenvalue weighted by Crippen LogP contribution is 2.26. The Hall–Kier alpha value is -2.18. The van der Waals surface area contributed by atoms with Gasteiger partial charge in [0.2, 0.25) is 0 Å². The van der Waals surface area contributed by atoms with Crippen molar-refractivity contribution in [1.29, 1.82) is 0 Å². The highest BCUT2D eigenvalue weighted by Gasteiger charge is 2.12. The lowest BCUT2D eigenvalue weighted by Crippen LogP contribution is -2.13. The molecule has 1 aromatic carbocycles. The van der Waals surface area contributed by atoms with Crippen molar-refractivity contribution in [3.8, 4) is 0 Å². The van der Waals surface area contributed by atoms with Crippen LogP contribution in [0, 0.1) is 0 Å². The Kier molecular flexibility index (Phi) is 3.25. The van der Waals surface area contributed by atoms with E-state index in [0.717, 1.165) is 5.39 Å². The molecular weight excluding hydrogens is 296 g/mol. The van der Waals surface area contributed by atoms with Crippen LogP contribution in [0.4, 0.5) is 10.8 Å². The van der Waals surface area contributed by atoms with Crippen molar-refractivity contribution in [1.82, 2.24) is 9.97 Å². The lowest BCUT2D eigenvalue weighted by molar-refractivity contribution is 0.102. The molecular formula is C13H9ClN4OS. The van der Waals surface area contributed by atoms with Gasteiger partial charge in [-0.25, -0.2) is 4.98 Å². The van der Waals surface area contributed by atoms with Crippen LogP contribution in [0.1, 0.15) is 10.5 Å². The van der Waals surface area contributed by atoms with Crippen molar-refractivity contribution in [3.63, 3.8) is 0 Å². The van der Waals surface area contributed by atoms with Crippen LogP contribution in [0.5, 0.6) is 0 Å². The van der Waals surface area contributed by atoms with Crippen LogP contribution in [-0.4, -0.2) is 15.9 Å². The second-order valence-electron chi connectivity index (χ2n) is 4.05. The zero-order valence-electron chi connectivity index (χ0n) is 10.1.